The number of hydrogen-bond donors (Lipinski definition) is 1. The van der Waals surface area contributed by atoms with Gasteiger partial charge in [-0.3, -0.25) is 0 Å². The zero-order valence-electron chi connectivity index (χ0n) is 10.6. The average molecular weight is 217 g/mol. The van der Waals surface area contributed by atoms with Crippen molar-refractivity contribution in [1.29, 1.82) is 0 Å². The third-order valence-corrected chi connectivity index (χ3v) is 3.57. The van der Waals surface area contributed by atoms with Crippen molar-refractivity contribution >= 4 is 0 Å². The van der Waals surface area contributed by atoms with E-state index in [2.05, 4.69) is 37.4 Å². The lowest BCUT2D eigenvalue weighted by atomic mass is 9.89. The number of rotatable bonds is 4. The first-order chi connectivity index (χ1) is 7.81. The van der Waals surface area contributed by atoms with Crippen molar-refractivity contribution < 1.29 is 0 Å². The van der Waals surface area contributed by atoms with E-state index in [1.54, 1.807) is 11.1 Å². The molecule has 1 N–H and O–H groups in total. The molecule has 1 aromatic carbocycles. The summed E-state index contributed by atoms with van der Waals surface area (Å²) in [6.07, 6.45) is 6.51. The van der Waals surface area contributed by atoms with E-state index in [4.69, 9.17) is 0 Å². The SMILES string of the molecule is CCCNC(C)c1ccc2c(c1)CCCC2. The topological polar surface area (TPSA) is 12.0 Å². The van der Waals surface area contributed by atoms with E-state index < -0.39 is 0 Å². The minimum absolute atomic E-state index is 0.493. The Balaban J connectivity index is 2.10. The predicted molar refractivity (Wildman–Crippen MR) is 69.8 cm³/mol. The van der Waals surface area contributed by atoms with Crippen LogP contribution in [0.25, 0.3) is 0 Å². The van der Waals surface area contributed by atoms with Crippen LogP contribution in [0.5, 0.6) is 0 Å². The van der Waals surface area contributed by atoms with E-state index in [1.807, 2.05) is 0 Å². The van der Waals surface area contributed by atoms with Crippen molar-refractivity contribution in [2.24, 2.45) is 0 Å². The predicted octanol–water partition coefficient (Wildman–Crippen LogP) is 3.63. The largest absolute Gasteiger partial charge is 0.310 e. The fraction of sp³-hybridized carbons (Fsp3) is 0.600. The Morgan fingerprint density at radius 1 is 1.19 bits per heavy atom. The molecular formula is C15H23N. The first-order valence-electron chi connectivity index (χ1n) is 6.66. The highest BCUT2D eigenvalue weighted by molar-refractivity contribution is 5.35. The first-order valence-corrected chi connectivity index (χ1v) is 6.66. The summed E-state index contributed by atoms with van der Waals surface area (Å²) in [5, 5.41) is 3.56. The van der Waals surface area contributed by atoms with Crippen LogP contribution in [0.2, 0.25) is 0 Å². The summed E-state index contributed by atoms with van der Waals surface area (Å²) in [6, 6.07) is 7.56. The maximum Gasteiger partial charge on any atom is 0.0291 e. The second kappa shape index (κ2) is 5.49. The molecule has 0 saturated heterocycles. The molecule has 0 saturated carbocycles. The van der Waals surface area contributed by atoms with E-state index in [9.17, 15) is 0 Å². The van der Waals surface area contributed by atoms with Crippen LogP contribution in [0.3, 0.4) is 0 Å². The van der Waals surface area contributed by atoms with Crippen LogP contribution in [-0.2, 0) is 12.8 Å². The van der Waals surface area contributed by atoms with Crippen LogP contribution in [0.15, 0.2) is 18.2 Å². The fourth-order valence-corrected chi connectivity index (χ4v) is 2.50. The summed E-state index contributed by atoms with van der Waals surface area (Å²) in [6.45, 7) is 5.59. The summed E-state index contributed by atoms with van der Waals surface area (Å²) >= 11 is 0. The van der Waals surface area contributed by atoms with Crippen LogP contribution in [0.4, 0.5) is 0 Å². The summed E-state index contributed by atoms with van der Waals surface area (Å²) in [5.41, 5.74) is 4.63. The Morgan fingerprint density at radius 3 is 2.69 bits per heavy atom. The van der Waals surface area contributed by atoms with E-state index >= 15 is 0 Å². The zero-order valence-corrected chi connectivity index (χ0v) is 10.6. The van der Waals surface area contributed by atoms with Gasteiger partial charge in [-0.25, -0.2) is 0 Å². The highest BCUT2D eigenvalue weighted by atomic mass is 14.9. The van der Waals surface area contributed by atoms with Crippen molar-refractivity contribution in [1.82, 2.24) is 5.32 Å². The molecule has 88 valence electrons. The quantitative estimate of drug-likeness (QED) is 0.812. The smallest absolute Gasteiger partial charge is 0.0291 e. The lowest BCUT2D eigenvalue weighted by Crippen LogP contribution is -2.19. The molecule has 0 fully saturated rings. The number of aryl methyl sites for hydroxylation is 2. The highest BCUT2D eigenvalue weighted by Crippen LogP contribution is 2.24. The van der Waals surface area contributed by atoms with Gasteiger partial charge in [-0.05, 0) is 62.3 Å². The van der Waals surface area contributed by atoms with Crippen molar-refractivity contribution in [2.75, 3.05) is 6.54 Å². The number of nitrogens with one attached hydrogen (secondary N) is 1. The zero-order chi connectivity index (χ0) is 11.4. The van der Waals surface area contributed by atoms with E-state index in [1.165, 1.54) is 37.7 Å². The summed E-state index contributed by atoms with van der Waals surface area (Å²) in [5.74, 6) is 0. The minimum atomic E-state index is 0.493. The normalized spacial score (nSPS) is 16.9. The van der Waals surface area contributed by atoms with Gasteiger partial charge < -0.3 is 5.32 Å². The first kappa shape index (κ1) is 11.7. The molecule has 1 aromatic rings. The van der Waals surface area contributed by atoms with Gasteiger partial charge in [0.1, 0.15) is 0 Å². The van der Waals surface area contributed by atoms with Crippen molar-refractivity contribution in [2.45, 2.75) is 52.0 Å². The van der Waals surface area contributed by atoms with Gasteiger partial charge in [-0.15, -0.1) is 0 Å². The monoisotopic (exact) mass is 217 g/mol. The third-order valence-electron chi connectivity index (χ3n) is 3.57. The van der Waals surface area contributed by atoms with Crippen LogP contribution in [0, 0.1) is 0 Å². The van der Waals surface area contributed by atoms with E-state index in [0.29, 0.717) is 6.04 Å². The van der Waals surface area contributed by atoms with Gasteiger partial charge in [0.2, 0.25) is 0 Å². The molecule has 1 atom stereocenters. The van der Waals surface area contributed by atoms with Crippen molar-refractivity contribution in [3.8, 4) is 0 Å². The fourth-order valence-electron chi connectivity index (χ4n) is 2.50. The molecule has 1 unspecified atom stereocenters. The molecule has 0 radical (unpaired) electrons. The van der Waals surface area contributed by atoms with Crippen LogP contribution in [-0.4, -0.2) is 6.54 Å². The molecule has 1 heteroatoms. The lowest BCUT2D eigenvalue weighted by Gasteiger charge is -2.19. The van der Waals surface area contributed by atoms with Gasteiger partial charge in [-0.1, -0.05) is 25.1 Å². The molecule has 1 aliphatic carbocycles. The van der Waals surface area contributed by atoms with Gasteiger partial charge in [0.05, 0.1) is 0 Å². The molecule has 16 heavy (non-hydrogen) atoms. The molecular weight excluding hydrogens is 194 g/mol. The number of fused-ring (bicyclic) bond motifs is 1. The highest BCUT2D eigenvalue weighted by Gasteiger charge is 2.11. The van der Waals surface area contributed by atoms with Crippen molar-refractivity contribution in [3.05, 3.63) is 34.9 Å². The van der Waals surface area contributed by atoms with Crippen molar-refractivity contribution in [3.63, 3.8) is 0 Å². The summed E-state index contributed by atoms with van der Waals surface area (Å²) < 4.78 is 0. The Bertz CT molecular complexity index is 343. The number of benzene rings is 1. The molecule has 0 aromatic heterocycles. The van der Waals surface area contributed by atoms with Crippen LogP contribution < -0.4 is 5.32 Å². The molecule has 0 bridgehead atoms. The van der Waals surface area contributed by atoms with Gasteiger partial charge in [0.15, 0.2) is 0 Å². The minimum Gasteiger partial charge on any atom is -0.310 e. The standard InChI is InChI=1S/C15H23N/c1-3-10-16-12(2)14-9-8-13-6-4-5-7-15(13)11-14/h8-9,11-12,16H,3-7,10H2,1-2H3. The third kappa shape index (κ3) is 2.65. The van der Waals surface area contributed by atoms with Crippen LogP contribution in [0.1, 0.15) is 55.8 Å². The summed E-state index contributed by atoms with van der Waals surface area (Å²) in [7, 11) is 0. The van der Waals surface area contributed by atoms with Crippen LogP contribution >= 0.6 is 0 Å². The second-order valence-electron chi connectivity index (χ2n) is 4.91. The van der Waals surface area contributed by atoms with Gasteiger partial charge in [-0.2, -0.15) is 0 Å². The Morgan fingerprint density at radius 2 is 1.94 bits per heavy atom. The van der Waals surface area contributed by atoms with Gasteiger partial charge >= 0.3 is 0 Å². The second-order valence-corrected chi connectivity index (χ2v) is 4.91. The molecule has 1 nitrogen and oxygen atoms in total. The molecule has 0 spiro atoms. The maximum atomic E-state index is 3.56. The van der Waals surface area contributed by atoms with Gasteiger partial charge in [0.25, 0.3) is 0 Å². The Kier molecular flexibility index (Phi) is 4.00. The summed E-state index contributed by atoms with van der Waals surface area (Å²) in [4.78, 5) is 0. The molecule has 1 aliphatic rings. The number of hydrogen-bond acceptors (Lipinski definition) is 1. The average Bonchev–Trinajstić information content (AvgIpc) is 2.35. The van der Waals surface area contributed by atoms with E-state index in [0.717, 1.165) is 6.54 Å². The molecule has 0 amide bonds. The van der Waals surface area contributed by atoms with Gasteiger partial charge in [0, 0.05) is 6.04 Å². The molecule has 0 aliphatic heterocycles. The van der Waals surface area contributed by atoms with E-state index in [-0.39, 0.29) is 0 Å². The Labute approximate surface area is 99.3 Å². The lowest BCUT2D eigenvalue weighted by molar-refractivity contribution is 0.568. The maximum absolute atomic E-state index is 3.56. The molecule has 0 heterocycles. The molecule has 2 rings (SSSR count). The Hall–Kier alpha value is -0.820.